The Hall–Kier alpha value is -1.85. The monoisotopic (exact) mass is 374 g/mol. The number of carbonyl (C=O) groups is 1. The molecule has 0 radical (unpaired) electrons. The molecule has 0 N–H and O–H groups in total. The van der Waals surface area contributed by atoms with Crippen LogP contribution in [0.25, 0.3) is 0 Å². The molecule has 1 aliphatic heterocycles. The number of hydrogen-bond acceptors (Lipinski definition) is 3. The van der Waals surface area contributed by atoms with E-state index in [0.29, 0.717) is 17.4 Å². The van der Waals surface area contributed by atoms with E-state index in [1.165, 1.54) is 0 Å². The van der Waals surface area contributed by atoms with Gasteiger partial charge in [-0.15, -0.1) is 0 Å². The lowest BCUT2D eigenvalue weighted by molar-refractivity contribution is -0.131. The van der Waals surface area contributed by atoms with Crippen molar-refractivity contribution in [2.45, 2.75) is 31.7 Å². The summed E-state index contributed by atoms with van der Waals surface area (Å²) in [5.74, 6) is 1.58. The number of amides is 1. The average Bonchev–Trinajstić information content (AvgIpc) is 3.08. The van der Waals surface area contributed by atoms with Crippen LogP contribution in [0.1, 0.15) is 30.1 Å². The van der Waals surface area contributed by atoms with Gasteiger partial charge in [0.05, 0.1) is 6.42 Å². The molecule has 1 atom stereocenters. The first-order valence-corrected chi connectivity index (χ1v) is 9.58. The van der Waals surface area contributed by atoms with E-state index in [0.717, 1.165) is 50.4 Å². The van der Waals surface area contributed by atoms with Gasteiger partial charge in [-0.2, -0.15) is 0 Å². The molecule has 1 aromatic heterocycles. The minimum atomic E-state index is 0.170. The molecule has 3 rings (SSSR count). The smallest absolute Gasteiger partial charge is 0.227 e. The quantitative estimate of drug-likeness (QED) is 0.780. The number of carbonyl (C=O) groups excluding carboxylic acids is 1. The van der Waals surface area contributed by atoms with Crippen molar-refractivity contribution in [2.24, 2.45) is 0 Å². The molecule has 2 aromatic rings. The highest BCUT2D eigenvalue weighted by atomic mass is 35.5. The number of imidazole rings is 1. The number of halogens is 1. The molecule has 1 saturated heterocycles. The van der Waals surface area contributed by atoms with E-state index >= 15 is 0 Å². The van der Waals surface area contributed by atoms with Crippen LogP contribution < -0.4 is 0 Å². The van der Waals surface area contributed by atoms with E-state index in [1.807, 2.05) is 41.6 Å². The maximum absolute atomic E-state index is 12.7. The molecule has 0 spiro atoms. The van der Waals surface area contributed by atoms with Crippen molar-refractivity contribution in [3.05, 3.63) is 53.1 Å². The lowest BCUT2D eigenvalue weighted by atomic mass is 9.96. The van der Waals surface area contributed by atoms with Crippen molar-refractivity contribution in [3.63, 3.8) is 0 Å². The summed E-state index contributed by atoms with van der Waals surface area (Å²) in [6.45, 7) is 3.48. The molecule has 140 valence electrons. The topological polar surface area (TPSA) is 41.4 Å². The second-order valence-electron chi connectivity index (χ2n) is 7.27. The van der Waals surface area contributed by atoms with E-state index in [1.54, 1.807) is 0 Å². The Bertz CT molecular complexity index is 743. The van der Waals surface area contributed by atoms with Crippen molar-refractivity contribution in [1.29, 1.82) is 0 Å². The molecule has 1 aliphatic rings. The molecular formula is C20H27ClN4O. The van der Waals surface area contributed by atoms with Gasteiger partial charge in [0, 0.05) is 49.5 Å². The number of likely N-dealkylation sites (N-methyl/N-ethyl adjacent to an activating group) is 1. The van der Waals surface area contributed by atoms with Crippen LogP contribution in [0.4, 0.5) is 0 Å². The van der Waals surface area contributed by atoms with Gasteiger partial charge in [-0.3, -0.25) is 4.79 Å². The minimum absolute atomic E-state index is 0.170. The van der Waals surface area contributed by atoms with Gasteiger partial charge in [-0.05, 0) is 44.6 Å². The van der Waals surface area contributed by atoms with Crippen LogP contribution in [-0.2, 0) is 17.8 Å². The largest absolute Gasteiger partial charge is 0.342 e. The summed E-state index contributed by atoms with van der Waals surface area (Å²) in [6.07, 6.45) is 6.43. The summed E-state index contributed by atoms with van der Waals surface area (Å²) in [5.41, 5.74) is 0.970. The van der Waals surface area contributed by atoms with Crippen LogP contribution in [-0.4, -0.2) is 59.0 Å². The summed E-state index contributed by atoms with van der Waals surface area (Å²) in [6, 6.07) is 7.56. The zero-order chi connectivity index (χ0) is 18.5. The summed E-state index contributed by atoms with van der Waals surface area (Å²) in [4.78, 5) is 21.5. The van der Waals surface area contributed by atoms with Gasteiger partial charge >= 0.3 is 0 Å². The molecule has 1 fully saturated rings. The fourth-order valence-corrected chi connectivity index (χ4v) is 3.74. The highest BCUT2D eigenvalue weighted by Gasteiger charge is 2.27. The number of hydrogen-bond donors (Lipinski definition) is 0. The number of benzene rings is 1. The Balaban J connectivity index is 1.64. The van der Waals surface area contributed by atoms with E-state index in [9.17, 15) is 4.79 Å². The van der Waals surface area contributed by atoms with Crippen LogP contribution in [0.3, 0.4) is 0 Å². The molecule has 1 aromatic carbocycles. The molecule has 26 heavy (non-hydrogen) atoms. The second-order valence-corrected chi connectivity index (χ2v) is 7.70. The molecule has 0 bridgehead atoms. The van der Waals surface area contributed by atoms with Gasteiger partial charge in [0.2, 0.25) is 5.91 Å². The van der Waals surface area contributed by atoms with Crippen LogP contribution in [0, 0.1) is 0 Å². The average molecular weight is 375 g/mol. The Morgan fingerprint density at radius 3 is 3.00 bits per heavy atom. The van der Waals surface area contributed by atoms with E-state index in [4.69, 9.17) is 11.6 Å². The second kappa shape index (κ2) is 8.69. The Morgan fingerprint density at radius 2 is 2.23 bits per heavy atom. The molecule has 5 nitrogen and oxygen atoms in total. The van der Waals surface area contributed by atoms with Gasteiger partial charge in [0.1, 0.15) is 5.82 Å². The SMILES string of the molecule is CN(C)CCn1ccnc1[C@H]1CCCN(C(=O)Cc2cccc(Cl)c2)C1. The molecule has 6 heteroatoms. The number of piperidine rings is 1. The first-order valence-electron chi connectivity index (χ1n) is 9.21. The fraction of sp³-hybridized carbons (Fsp3) is 0.500. The van der Waals surface area contributed by atoms with Gasteiger partial charge < -0.3 is 14.4 Å². The Morgan fingerprint density at radius 1 is 1.38 bits per heavy atom. The predicted molar refractivity (Wildman–Crippen MR) is 104 cm³/mol. The Labute approximate surface area is 160 Å². The van der Waals surface area contributed by atoms with Crippen LogP contribution in [0.2, 0.25) is 5.02 Å². The fourth-order valence-electron chi connectivity index (χ4n) is 3.53. The van der Waals surface area contributed by atoms with Crippen molar-refractivity contribution in [2.75, 3.05) is 33.7 Å². The number of likely N-dealkylation sites (tertiary alicyclic amines) is 1. The van der Waals surface area contributed by atoms with Crippen molar-refractivity contribution in [1.82, 2.24) is 19.4 Å². The van der Waals surface area contributed by atoms with E-state index in [2.05, 4.69) is 28.5 Å². The highest BCUT2D eigenvalue weighted by molar-refractivity contribution is 6.30. The van der Waals surface area contributed by atoms with Crippen molar-refractivity contribution >= 4 is 17.5 Å². The number of nitrogens with zero attached hydrogens (tertiary/aromatic N) is 4. The van der Waals surface area contributed by atoms with Crippen molar-refractivity contribution in [3.8, 4) is 0 Å². The third kappa shape index (κ3) is 4.86. The zero-order valence-corrected chi connectivity index (χ0v) is 16.3. The molecular weight excluding hydrogens is 348 g/mol. The minimum Gasteiger partial charge on any atom is -0.342 e. The molecule has 1 amide bonds. The maximum atomic E-state index is 12.7. The Kier molecular flexibility index (Phi) is 6.33. The first kappa shape index (κ1) is 18.9. The van der Waals surface area contributed by atoms with Crippen molar-refractivity contribution < 1.29 is 4.79 Å². The van der Waals surface area contributed by atoms with Gasteiger partial charge in [-0.25, -0.2) is 4.98 Å². The zero-order valence-electron chi connectivity index (χ0n) is 15.6. The van der Waals surface area contributed by atoms with Gasteiger partial charge in [-0.1, -0.05) is 23.7 Å². The molecule has 0 saturated carbocycles. The van der Waals surface area contributed by atoms with Gasteiger partial charge in [0.25, 0.3) is 0 Å². The maximum Gasteiger partial charge on any atom is 0.227 e. The van der Waals surface area contributed by atoms with E-state index < -0.39 is 0 Å². The molecule has 2 heterocycles. The normalized spacial score (nSPS) is 17.7. The number of rotatable bonds is 6. The summed E-state index contributed by atoms with van der Waals surface area (Å²) in [5, 5.41) is 0.676. The van der Waals surface area contributed by atoms with Gasteiger partial charge in [0.15, 0.2) is 0 Å². The lowest BCUT2D eigenvalue weighted by Crippen LogP contribution is -2.40. The van der Waals surface area contributed by atoms with Crippen LogP contribution in [0.15, 0.2) is 36.7 Å². The number of aromatic nitrogens is 2. The van der Waals surface area contributed by atoms with Crippen LogP contribution >= 0.6 is 11.6 Å². The third-order valence-corrected chi connectivity index (χ3v) is 5.15. The first-order chi connectivity index (χ1) is 12.5. The lowest BCUT2D eigenvalue weighted by Gasteiger charge is -2.33. The third-order valence-electron chi connectivity index (χ3n) is 4.92. The van der Waals surface area contributed by atoms with E-state index in [-0.39, 0.29) is 5.91 Å². The molecule has 0 unspecified atom stereocenters. The summed E-state index contributed by atoms with van der Waals surface area (Å²) < 4.78 is 2.23. The highest BCUT2D eigenvalue weighted by Crippen LogP contribution is 2.26. The standard InChI is InChI=1S/C20H27ClN4O/c1-23(2)11-12-24-10-8-22-20(24)17-6-4-9-25(15-17)19(26)14-16-5-3-7-18(21)13-16/h3,5,7-8,10,13,17H,4,6,9,11-12,14-15H2,1-2H3/t17-/m0/s1. The predicted octanol–water partition coefficient (Wildman–Crippen LogP) is 3.05. The van der Waals surface area contributed by atoms with Crippen LogP contribution in [0.5, 0.6) is 0 Å². The molecule has 0 aliphatic carbocycles. The summed E-state index contributed by atoms with van der Waals surface area (Å²) in [7, 11) is 4.15. The summed E-state index contributed by atoms with van der Waals surface area (Å²) >= 11 is 6.03.